The Kier molecular flexibility index (Phi) is 8.06. The highest BCUT2D eigenvalue weighted by atomic mass is 16.6. The smallest absolute Gasteiger partial charge is 0.167 e. The molecular weight excluding hydrogens is 506 g/mol. The Balaban J connectivity index is 1.29. The maximum atomic E-state index is 6.64. The van der Waals surface area contributed by atoms with Gasteiger partial charge in [0.05, 0.1) is 32.8 Å². The van der Waals surface area contributed by atoms with Gasteiger partial charge in [-0.3, -0.25) is 4.57 Å². The van der Waals surface area contributed by atoms with Crippen LogP contribution in [0.5, 0.6) is 0 Å². The topological polar surface area (TPSA) is 107 Å². The van der Waals surface area contributed by atoms with E-state index in [4.69, 9.17) is 24.7 Å². The van der Waals surface area contributed by atoms with Crippen molar-refractivity contribution in [3.05, 3.63) is 120 Å². The van der Waals surface area contributed by atoms with Gasteiger partial charge in [0.15, 0.2) is 17.7 Å². The zero-order chi connectivity index (χ0) is 27.1. The lowest BCUT2D eigenvalue weighted by molar-refractivity contribution is -0.0913. The van der Waals surface area contributed by atoms with Gasteiger partial charge >= 0.3 is 0 Å². The van der Waals surface area contributed by atoms with Crippen LogP contribution in [0.2, 0.25) is 0 Å². The molecule has 0 amide bonds. The number of rotatable bonds is 11. The monoisotopic (exact) mass is 537 g/mol. The quantitative estimate of drug-likeness (QED) is 0.259. The van der Waals surface area contributed by atoms with E-state index < -0.39 is 24.5 Å². The molecule has 9 nitrogen and oxygen atoms in total. The van der Waals surface area contributed by atoms with E-state index in [2.05, 4.69) is 15.0 Å². The van der Waals surface area contributed by atoms with Crippen molar-refractivity contribution in [2.75, 3.05) is 12.3 Å². The molecule has 9 heteroatoms. The number of fused-ring (bicyclic) bond motifs is 1. The highest BCUT2D eigenvalue weighted by Crippen LogP contribution is 2.37. The van der Waals surface area contributed by atoms with Crippen LogP contribution in [0.4, 0.5) is 5.82 Å². The van der Waals surface area contributed by atoms with Gasteiger partial charge in [-0.25, -0.2) is 15.0 Å². The van der Waals surface area contributed by atoms with E-state index in [1.807, 2.05) is 95.6 Å². The summed E-state index contributed by atoms with van der Waals surface area (Å²) in [7, 11) is 0. The van der Waals surface area contributed by atoms with Crippen molar-refractivity contribution < 1.29 is 18.9 Å². The third kappa shape index (κ3) is 5.88. The zero-order valence-corrected chi connectivity index (χ0v) is 22.0. The van der Waals surface area contributed by atoms with Gasteiger partial charge in [-0.1, -0.05) is 91.0 Å². The summed E-state index contributed by atoms with van der Waals surface area (Å²) in [6.07, 6.45) is 1.20. The Hall–Kier alpha value is -4.15. The SMILES string of the molecule is Nc1ncnc2c1ncn2[C@H]1O[C@@H](COCc2ccccc2)[C@H](OCc2ccccc2)[C@H]1OCc1ccccc1. The molecule has 0 unspecified atom stereocenters. The fourth-order valence-corrected chi connectivity index (χ4v) is 4.90. The van der Waals surface area contributed by atoms with Crippen LogP contribution in [-0.4, -0.2) is 44.4 Å². The number of hydrogen-bond donors (Lipinski definition) is 1. The molecule has 0 radical (unpaired) electrons. The zero-order valence-electron chi connectivity index (χ0n) is 22.0. The Morgan fingerprint density at radius 2 is 1.27 bits per heavy atom. The second kappa shape index (κ2) is 12.4. The number of benzene rings is 3. The fraction of sp³-hybridized carbons (Fsp3) is 0.258. The minimum Gasteiger partial charge on any atom is -0.382 e. The Morgan fingerprint density at radius 3 is 1.90 bits per heavy atom. The highest BCUT2D eigenvalue weighted by Gasteiger charge is 2.48. The number of aromatic nitrogens is 4. The molecule has 3 heterocycles. The van der Waals surface area contributed by atoms with Gasteiger partial charge in [0.25, 0.3) is 0 Å². The summed E-state index contributed by atoms with van der Waals surface area (Å²) in [5.41, 5.74) is 10.4. The second-order valence-electron chi connectivity index (χ2n) is 9.67. The van der Waals surface area contributed by atoms with Crippen LogP contribution in [0.25, 0.3) is 11.2 Å². The van der Waals surface area contributed by atoms with Crippen molar-refractivity contribution in [2.24, 2.45) is 0 Å². The first-order valence-corrected chi connectivity index (χ1v) is 13.3. The molecule has 4 atom stereocenters. The summed E-state index contributed by atoms with van der Waals surface area (Å²) in [5, 5.41) is 0. The lowest BCUT2D eigenvalue weighted by Crippen LogP contribution is -2.38. The Morgan fingerprint density at radius 1 is 0.700 bits per heavy atom. The summed E-state index contributed by atoms with van der Waals surface area (Å²) in [6.45, 7) is 1.57. The van der Waals surface area contributed by atoms with Gasteiger partial charge in [0.2, 0.25) is 0 Å². The molecule has 6 rings (SSSR count). The molecule has 1 aliphatic rings. The first kappa shape index (κ1) is 26.1. The van der Waals surface area contributed by atoms with Gasteiger partial charge < -0.3 is 24.7 Å². The van der Waals surface area contributed by atoms with Crippen molar-refractivity contribution in [3.63, 3.8) is 0 Å². The van der Waals surface area contributed by atoms with Gasteiger partial charge in [0, 0.05) is 0 Å². The summed E-state index contributed by atoms with van der Waals surface area (Å²) in [6, 6.07) is 30.2. The lowest BCUT2D eigenvalue weighted by Gasteiger charge is -2.25. The van der Waals surface area contributed by atoms with Crippen LogP contribution in [0, 0.1) is 0 Å². The number of nitrogens with zero attached hydrogens (tertiary/aromatic N) is 4. The van der Waals surface area contributed by atoms with Gasteiger partial charge in [-0.15, -0.1) is 0 Å². The van der Waals surface area contributed by atoms with Crippen molar-refractivity contribution >= 4 is 17.0 Å². The van der Waals surface area contributed by atoms with Gasteiger partial charge in [0.1, 0.15) is 30.2 Å². The van der Waals surface area contributed by atoms with E-state index in [0.29, 0.717) is 43.4 Å². The minimum absolute atomic E-state index is 0.308. The maximum Gasteiger partial charge on any atom is 0.167 e. The van der Waals surface area contributed by atoms with Crippen LogP contribution in [0.3, 0.4) is 0 Å². The summed E-state index contributed by atoms with van der Waals surface area (Å²) < 4.78 is 27.7. The molecule has 2 aromatic heterocycles. The molecule has 0 aliphatic carbocycles. The van der Waals surface area contributed by atoms with E-state index in [9.17, 15) is 0 Å². The van der Waals surface area contributed by atoms with Crippen molar-refractivity contribution in [1.29, 1.82) is 0 Å². The summed E-state index contributed by atoms with van der Waals surface area (Å²) in [5.74, 6) is 0.308. The Labute approximate surface area is 232 Å². The first-order chi connectivity index (χ1) is 19.8. The number of ether oxygens (including phenoxy) is 4. The third-order valence-electron chi connectivity index (χ3n) is 6.91. The van der Waals surface area contributed by atoms with Crippen molar-refractivity contribution in [3.8, 4) is 0 Å². The molecule has 0 saturated carbocycles. The number of hydrogen-bond acceptors (Lipinski definition) is 8. The van der Waals surface area contributed by atoms with E-state index in [-0.39, 0.29) is 0 Å². The van der Waals surface area contributed by atoms with Crippen LogP contribution >= 0.6 is 0 Å². The molecule has 1 aliphatic heterocycles. The number of nitrogens with two attached hydrogens (primary N) is 1. The molecule has 5 aromatic rings. The largest absolute Gasteiger partial charge is 0.382 e. The molecule has 3 aromatic carbocycles. The summed E-state index contributed by atoms with van der Waals surface area (Å²) >= 11 is 0. The number of nitrogen functional groups attached to an aromatic ring is 1. The van der Waals surface area contributed by atoms with Crippen LogP contribution in [-0.2, 0) is 38.8 Å². The predicted octanol–water partition coefficient (Wildman–Crippen LogP) is 4.69. The van der Waals surface area contributed by atoms with Crippen molar-refractivity contribution in [2.45, 2.75) is 44.4 Å². The first-order valence-electron chi connectivity index (χ1n) is 13.3. The average Bonchev–Trinajstić information content (AvgIpc) is 3.58. The molecular formula is C31H31N5O4. The van der Waals surface area contributed by atoms with E-state index in [0.717, 1.165) is 16.7 Å². The fourth-order valence-electron chi connectivity index (χ4n) is 4.90. The standard InChI is InChI=1S/C31H31N5O4/c32-29-26-30(34-20-33-29)36(21-35-26)31-28(39-18-24-14-8-3-9-15-24)27(38-17-23-12-6-2-7-13-23)25(40-31)19-37-16-22-10-4-1-5-11-22/h1-15,20-21,25,27-28,31H,16-19H2,(H2,32,33,34)/t25-,27-,28+,31-/m0/s1. The number of anilines is 1. The molecule has 204 valence electrons. The lowest BCUT2D eigenvalue weighted by atomic mass is 10.1. The molecule has 2 N–H and O–H groups in total. The summed E-state index contributed by atoms with van der Waals surface area (Å²) in [4.78, 5) is 13.0. The molecule has 1 fully saturated rings. The normalized spacial score (nSPS) is 20.7. The van der Waals surface area contributed by atoms with E-state index in [1.54, 1.807) is 6.33 Å². The van der Waals surface area contributed by atoms with Crippen LogP contribution in [0.15, 0.2) is 104 Å². The maximum absolute atomic E-state index is 6.64. The molecule has 0 spiro atoms. The van der Waals surface area contributed by atoms with E-state index >= 15 is 0 Å². The van der Waals surface area contributed by atoms with E-state index in [1.165, 1.54) is 6.33 Å². The minimum atomic E-state index is -0.575. The van der Waals surface area contributed by atoms with Crippen molar-refractivity contribution in [1.82, 2.24) is 19.5 Å². The van der Waals surface area contributed by atoms with Crippen LogP contribution in [0.1, 0.15) is 22.9 Å². The van der Waals surface area contributed by atoms with Crippen LogP contribution < -0.4 is 5.73 Å². The third-order valence-corrected chi connectivity index (χ3v) is 6.91. The molecule has 1 saturated heterocycles. The highest BCUT2D eigenvalue weighted by molar-refractivity contribution is 5.81. The molecule has 40 heavy (non-hydrogen) atoms. The Bertz CT molecular complexity index is 1500. The second-order valence-corrected chi connectivity index (χ2v) is 9.67. The predicted molar refractivity (Wildman–Crippen MR) is 150 cm³/mol. The molecule has 0 bridgehead atoms. The average molecular weight is 538 g/mol. The van der Waals surface area contributed by atoms with Gasteiger partial charge in [-0.05, 0) is 16.7 Å². The number of imidazole rings is 1. The van der Waals surface area contributed by atoms with Gasteiger partial charge in [-0.2, -0.15) is 0 Å².